The molecular weight excluding hydrogens is 216 g/mol. The number of hydrogen-bond donors (Lipinski definition) is 1. The highest BCUT2D eigenvalue weighted by atomic mass is 32.2. The van der Waals surface area contributed by atoms with Crippen molar-refractivity contribution in [3.63, 3.8) is 0 Å². The van der Waals surface area contributed by atoms with Gasteiger partial charge in [-0.3, -0.25) is 4.98 Å². The Bertz CT molecular complexity index is 296. The van der Waals surface area contributed by atoms with Crippen molar-refractivity contribution in [2.24, 2.45) is 0 Å². The lowest BCUT2D eigenvalue weighted by atomic mass is 10.0. The fourth-order valence-corrected chi connectivity index (χ4v) is 3.68. The second-order valence-electron chi connectivity index (χ2n) is 4.28. The number of pyridine rings is 1. The van der Waals surface area contributed by atoms with Crippen molar-refractivity contribution in [2.75, 3.05) is 12.3 Å². The molecule has 0 spiro atoms. The first-order valence-electron chi connectivity index (χ1n) is 6.14. The molecule has 1 aromatic heterocycles. The van der Waals surface area contributed by atoms with Crippen LogP contribution in [0.4, 0.5) is 0 Å². The summed E-state index contributed by atoms with van der Waals surface area (Å²) < 4.78 is 0. The largest absolute Gasteiger partial charge is 0.313 e. The first-order valence-corrected chi connectivity index (χ1v) is 7.19. The fourth-order valence-electron chi connectivity index (χ4n) is 2.29. The van der Waals surface area contributed by atoms with Gasteiger partial charge in [-0.05, 0) is 49.3 Å². The highest BCUT2D eigenvalue weighted by Gasteiger charge is 2.24. The smallest absolute Gasteiger partial charge is 0.0270 e. The van der Waals surface area contributed by atoms with Gasteiger partial charge in [-0.25, -0.2) is 0 Å². The summed E-state index contributed by atoms with van der Waals surface area (Å²) in [7, 11) is 0. The number of thioether (sulfide) groups is 1. The second-order valence-corrected chi connectivity index (χ2v) is 5.62. The topological polar surface area (TPSA) is 24.9 Å². The van der Waals surface area contributed by atoms with E-state index in [2.05, 4.69) is 41.1 Å². The second kappa shape index (κ2) is 6.26. The molecule has 1 aliphatic rings. The summed E-state index contributed by atoms with van der Waals surface area (Å²) in [4.78, 5) is 4.07. The molecule has 2 unspecified atom stereocenters. The minimum absolute atomic E-state index is 0.625. The molecule has 0 amide bonds. The van der Waals surface area contributed by atoms with Crippen LogP contribution in [-0.2, 0) is 6.42 Å². The molecule has 2 heterocycles. The summed E-state index contributed by atoms with van der Waals surface area (Å²) >= 11 is 2.13. The van der Waals surface area contributed by atoms with E-state index in [0.29, 0.717) is 6.04 Å². The van der Waals surface area contributed by atoms with Crippen molar-refractivity contribution in [2.45, 2.75) is 37.5 Å². The maximum Gasteiger partial charge on any atom is 0.0270 e. The van der Waals surface area contributed by atoms with Gasteiger partial charge >= 0.3 is 0 Å². The lowest BCUT2D eigenvalue weighted by Crippen LogP contribution is -2.38. The minimum atomic E-state index is 0.625. The van der Waals surface area contributed by atoms with Crippen molar-refractivity contribution < 1.29 is 0 Å². The quantitative estimate of drug-likeness (QED) is 0.850. The van der Waals surface area contributed by atoms with E-state index in [1.54, 1.807) is 0 Å². The average Bonchev–Trinajstić information content (AvgIpc) is 2.83. The molecule has 0 aliphatic carbocycles. The predicted octanol–water partition coefficient (Wildman–Crippen LogP) is 2.50. The van der Waals surface area contributed by atoms with Gasteiger partial charge < -0.3 is 5.32 Å². The van der Waals surface area contributed by atoms with Gasteiger partial charge in [-0.1, -0.05) is 6.92 Å². The molecule has 1 fully saturated rings. The van der Waals surface area contributed by atoms with Crippen LogP contribution in [0.15, 0.2) is 24.5 Å². The number of aromatic nitrogens is 1. The van der Waals surface area contributed by atoms with Crippen molar-refractivity contribution in [1.29, 1.82) is 0 Å². The van der Waals surface area contributed by atoms with Gasteiger partial charge in [-0.15, -0.1) is 0 Å². The molecule has 0 radical (unpaired) electrons. The molecule has 0 aromatic carbocycles. The maximum absolute atomic E-state index is 4.07. The maximum atomic E-state index is 4.07. The van der Waals surface area contributed by atoms with E-state index >= 15 is 0 Å². The third-order valence-corrected chi connectivity index (χ3v) is 4.60. The van der Waals surface area contributed by atoms with Gasteiger partial charge in [0.05, 0.1) is 0 Å². The third-order valence-electron chi connectivity index (χ3n) is 3.08. The van der Waals surface area contributed by atoms with Gasteiger partial charge in [0, 0.05) is 23.7 Å². The molecule has 2 rings (SSSR count). The van der Waals surface area contributed by atoms with E-state index in [4.69, 9.17) is 0 Å². The van der Waals surface area contributed by atoms with E-state index in [0.717, 1.165) is 18.2 Å². The molecule has 3 heteroatoms. The molecule has 2 nitrogen and oxygen atoms in total. The van der Waals surface area contributed by atoms with Crippen LogP contribution in [0.5, 0.6) is 0 Å². The zero-order valence-corrected chi connectivity index (χ0v) is 10.7. The van der Waals surface area contributed by atoms with E-state index in [9.17, 15) is 0 Å². The van der Waals surface area contributed by atoms with Crippen LogP contribution in [0.1, 0.15) is 25.3 Å². The van der Waals surface area contributed by atoms with Gasteiger partial charge in [0.25, 0.3) is 0 Å². The van der Waals surface area contributed by atoms with Crippen LogP contribution < -0.4 is 5.32 Å². The number of nitrogens with one attached hydrogen (secondary N) is 1. The summed E-state index contributed by atoms with van der Waals surface area (Å²) in [6.45, 7) is 3.26. The Kier molecular flexibility index (Phi) is 4.67. The highest BCUT2D eigenvalue weighted by molar-refractivity contribution is 8.00. The lowest BCUT2D eigenvalue weighted by Gasteiger charge is -2.23. The Balaban J connectivity index is 1.96. The van der Waals surface area contributed by atoms with E-state index in [1.807, 2.05) is 12.4 Å². The van der Waals surface area contributed by atoms with Crippen LogP contribution in [0.3, 0.4) is 0 Å². The summed E-state index contributed by atoms with van der Waals surface area (Å²) in [5.74, 6) is 1.34. The molecule has 88 valence electrons. The SMILES string of the molecule is CCNC(Cc1ccncc1)C1CCCS1. The van der Waals surface area contributed by atoms with Crippen molar-refractivity contribution >= 4 is 11.8 Å². The van der Waals surface area contributed by atoms with E-state index < -0.39 is 0 Å². The Labute approximate surface area is 102 Å². The molecule has 1 saturated heterocycles. The van der Waals surface area contributed by atoms with Crippen molar-refractivity contribution in [1.82, 2.24) is 10.3 Å². The zero-order chi connectivity index (χ0) is 11.2. The Morgan fingerprint density at radius 2 is 2.31 bits per heavy atom. The first-order chi connectivity index (χ1) is 7.90. The molecule has 0 bridgehead atoms. The zero-order valence-electron chi connectivity index (χ0n) is 9.86. The summed E-state index contributed by atoms with van der Waals surface area (Å²) in [5, 5.41) is 4.43. The number of likely N-dealkylation sites (N-methyl/N-ethyl adjacent to an activating group) is 1. The molecule has 2 atom stereocenters. The van der Waals surface area contributed by atoms with E-state index in [1.165, 1.54) is 24.2 Å². The molecular formula is C13H20N2S. The predicted molar refractivity (Wildman–Crippen MR) is 70.9 cm³/mol. The molecule has 0 saturated carbocycles. The van der Waals surface area contributed by atoms with Crippen molar-refractivity contribution in [3.8, 4) is 0 Å². The highest BCUT2D eigenvalue weighted by Crippen LogP contribution is 2.30. The molecule has 1 N–H and O–H groups in total. The molecule has 1 aromatic rings. The Morgan fingerprint density at radius 1 is 1.50 bits per heavy atom. The van der Waals surface area contributed by atoms with Gasteiger partial charge in [0.15, 0.2) is 0 Å². The van der Waals surface area contributed by atoms with Gasteiger partial charge in [0.2, 0.25) is 0 Å². The van der Waals surface area contributed by atoms with Crippen LogP contribution in [0.2, 0.25) is 0 Å². The van der Waals surface area contributed by atoms with Crippen LogP contribution >= 0.6 is 11.8 Å². The Morgan fingerprint density at radius 3 is 2.94 bits per heavy atom. The van der Waals surface area contributed by atoms with Crippen molar-refractivity contribution in [3.05, 3.63) is 30.1 Å². The number of rotatable bonds is 5. The minimum Gasteiger partial charge on any atom is -0.313 e. The number of nitrogens with zero attached hydrogens (tertiary/aromatic N) is 1. The lowest BCUT2D eigenvalue weighted by molar-refractivity contribution is 0.495. The van der Waals surface area contributed by atoms with Gasteiger partial charge in [0.1, 0.15) is 0 Å². The standard InChI is InChI=1S/C13H20N2S/c1-2-15-12(13-4-3-9-16-13)10-11-5-7-14-8-6-11/h5-8,12-13,15H,2-4,9-10H2,1H3. The monoisotopic (exact) mass is 236 g/mol. The average molecular weight is 236 g/mol. The van der Waals surface area contributed by atoms with Crippen LogP contribution in [-0.4, -0.2) is 28.6 Å². The van der Waals surface area contributed by atoms with Crippen LogP contribution in [0, 0.1) is 0 Å². The Hall–Kier alpha value is -0.540. The summed E-state index contributed by atoms with van der Waals surface area (Å²) in [6, 6.07) is 4.88. The van der Waals surface area contributed by atoms with Crippen LogP contribution in [0.25, 0.3) is 0 Å². The number of hydrogen-bond acceptors (Lipinski definition) is 3. The molecule has 16 heavy (non-hydrogen) atoms. The first kappa shape index (κ1) is 11.9. The van der Waals surface area contributed by atoms with E-state index in [-0.39, 0.29) is 0 Å². The normalized spacial score (nSPS) is 22.2. The summed E-state index contributed by atoms with van der Waals surface area (Å²) in [5.41, 5.74) is 1.40. The fraction of sp³-hybridized carbons (Fsp3) is 0.615. The summed E-state index contributed by atoms with van der Waals surface area (Å²) in [6.07, 6.45) is 7.66. The third kappa shape index (κ3) is 3.22. The van der Waals surface area contributed by atoms with Gasteiger partial charge in [-0.2, -0.15) is 11.8 Å². The molecule has 1 aliphatic heterocycles.